The Morgan fingerprint density at radius 1 is 1.40 bits per heavy atom. The first kappa shape index (κ1) is 11.8. The van der Waals surface area contributed by atoms with Gasteiger partial charge >= 0.3 is 0 Å². The fourth-order valence-electron chi connectivity index (χ4n) is 1.26. The lowest BCUT2D eigenvalue weighted by atomic mass is 10.1. The standard InChI is InChI=1S/C11H15FO3/c1-3-15-10-5-4-8(9(13)7-12)6-11(10)14-2/h4-6,9,13H,3,7H2,1-2H3. The van der Waals surface area contributed by atoms with E-state index in [0.717, 1.165) is 0 Å². The first-order valence-corrected chi connectivity index (χ1v) is 4.77. The summed E-state index contributed by atoms with van der Waals surface area (Å²) in [5.41, 5.74) is 0.484. The summed E-state index contributed by atoms with van der Waals surface area (Å²) >= 11 is 0. The zero-order valence-corrected chi connectivity index (χ0v) is 8.87. The van der Waals surface area contributed by atoms with Crippen LogP contribution in [-0.4, -0.2) is 25.5 Å². The van der Waals surface area contributed by atoms with Crippen molar-refractivity contribution in [3.63, 3.8) is 0 Å². The number of hydrogen-bond donors (Lipinski definition) is 1. The molecule has 0 radical (unpaired) electrons. The lowest BCUT2D eigenvalue weighted by molar-refractivity contribution is 0.141. The van der Waals surface area contributed by atoms with E-state index in [-0.39, 0.29) is 0 Å². The molecule has 0 amide bonds. The highest BCUT2D eigenvalue weighted by Gasteiger charge is 2.11. The SMILES string of the molecule is CCOc1ccc(C(O)CF)cc1OC. The highest BCUT2D eigenvalue weighted by molar-refractivity contribution is 5.43. The molecular weight excluding hydrogens is 199 g/mol. The van der Waals surface area contributed by atoms with Crippen LogP contribution in [0.4, 0.5) is 4.39 Å². The van der Waals surface area contributed by atoms with E-state index in [4.69, 9.17) is 9.47 Å². The van der Waals surface area contributed by atoms with Crippen LogP contribution in [0, 0.1) is 0 Å². The molecule has 0 fully saturated rings. The van der Waals surface area contributed by atoms with Gasteiger partial charge in [-0.1, -0.05) is 6.07 Å². The summed E-state index contributed by atoms with van der Waals surface area (Å²) in [5.74, 6) is 1.09. The molecule has 1 rings (SSSR count). The van der Waals surface area contributed by atoms with E-state index in [1.54, 1.807) is 18.2 Å². The van der Waals surface area contributed by atoms with E-state index in [1.165, 1.54) is 7.11 Å². The van der Waals surface area contributed by atoms with Crippen molar-refractivity contribution in [2.45, 2.75) is 13.0 Å². The van der Waals surface area contributed by atoms with Crippen LogP contribution in [0.5, 0.6) is 11.5 Å². The Bertz CT molecular complexity index is 315. The third-order valence-electron chi connectivity index (χ3n) is 2.02. The van der Waals surface area contributed by atoms with Gasteiger partial charge in [0.15, 0.2) is 11.5 Å². The Morgan fingerprint density at radius 3 is 2.67 bits per heavy atom. The molecule has 0 saturated carbocycles. The van der Waals surface area contributed by atoms with Gasteiger partial charge in [-0.2, -0.15) is 0 Å². The topological polar surface area (TPSA) is 38.7 Å². The van der Waals surface area contributed by atoms with Crippen LogP contribution in [0.25, 0.3) is 0 Å². The number of methoxy groups -OCH3 is 1. The molecule has 0 aromatic heterocycles. The Hall–Kier alpha value is -1.29. The van der Waals surface area contributed by atoms with Crippen molar-refractivity contribution in [1.29, 1.82) is 0 Å². The zero-order valence-electron chi connectivity index (χ0n) is 8.87. The van der Waals surface area contributed by atoms with Gasteiger partial charge in [-0.05, 0) is 24.6 Å². The summed E-state index contributed by atoms with van der Waals surface area (Å²) < 4.78 is 22.6. The smallest absolute Gasteiger partial charge is 0.161 e. The number of ether oxygens (including phenoxy) is 2. The van der Waals surface area contributed by atoms with Gasteiger partial charge in [-0.3, -0.25) is 0 Å². The third-order valence-corrected chi connectivity index (χ3v) is 2.02. The molecule has 1 aromatic carbocycles. The first-order valence-electron chi connectivity index (χ1n) is 4.77. The molecule has 4 heteroatoms. The van der Waals surface area contributed by atoms with Gasteiger partial charge in [0, 0.05) is 0 Å². The minimum atomic E-state index is -1.10. The summed E-state index contributed by atoms with van der Waals surface area (Å²) in [7, 11) is 1.50. The number of rotatable bonds is 5. The third kappa shape index (κ3) is 2.83. The van der Waals surface area contributed by atoms with E-state index in [2.05, 4.69) is 0 Å². The molecule has 3 nitrogen and oxygen atoms in total. The Morgan fingerprint density at radius 2 is 2.13 bits per heavy atom. The monoisotopic (exact) mass is 214 g/mol. The lowest BCUT2D eigenvalue weighted by Crippen LogP contribution is -2.01. The maximum atomic E-state index is 12.2. The number of aliphatic hydroxyl groups excluding tert-OH is 1. The van der Waals surface area contributed by atoms with Crippen molar-refractivity contribution in [2.75, 3.05) is 20.4 Å². The first-order chi connectivity index (χ1) is 7.22. The normalized spacial score (nSPS) is 12.3. The van der Waals surface area contributed by atoms with Crippen molar-refractivity contribution >= 4 is 0 Å². The summed E-state index contributed by atoms with van der Waals surface area (Å²) in [6.45, 7) is 1.59. The van der Waals surface area contributed by atoms with Gasteiger partial charge in [-0.15, -0.1) is 0 Å². The van der Waals surface area contributed by atoms with Crippen molar-refractivity contribution < 1.29 is 19.0 Å². The molecule has 0 aliphatic heterocycles. The molecule has 0 aliphatic rings. The number of alkyl halides is 1. The van der Waals surface area contributed by atoms with Crippen LogP contribution in [-0.2, 0) is 0 Å². The molecule has 1 aromatic rings. The summed E-state index contributed by atoms with van der Waals surface area (Å²) in [4.78, 5) is 0. The van der Waals surface area contributed by atoms with Crippen molar-refractivity contribution in [2.24, 2.45) is 0 Å². The van der Waals surface area contributed by atoms with Crippen molar-refractivity contribution in [3.05, 3.63) is 23.8 Å². The fourth-order valence-corrected chi connectivity index (χ4v) is 1.26. The number of hydrogen-bond acceptors (Lipinski definition) is 3. The molecule has 84 valence electrons. The Balaban J connectivity index is 2.96. The summed E-state index contributed by atoms with van der Waals surface area (Å²) in [6.07, 6.45) is -1.10. The highest BCUT2D eigenvalue weighted by Crippen LogP contribution is 2.30. The van der Waals surface area contributed by atoms with Crippen LogP contribution < -0.4 is 9.47 Å². The second-order valence-corrected chi connectivity index (χ2v) is 3.01. The maximum absolute atomic E-state index is 12.2. The maximum Gasteiger partial charge on any atom is 0.161 e. The Kier molecular flexibility index (Phi) is 4.37. The van der Waals surface area contributed by atoms with E-state index < -0.39 is 12.8 Å². The van der Waals surface area contributed by atoms with Gasteiger partial charge in [0.05, 0.1) is 13.7 Å². The predicted molar refractivity (Wildman–Crippen MR) is 55.1 cm³/mol. The lowest BCUT2D eigenvalue weighted by Gasteiger charge is -2.12. The van der Waals surface area contributed by atoms with E-state index >= 15 is 0 Å². The average Bonchev–Trinajstić information content (AvgIpc) is 2.29. The van der Waals surface area contributed by atoms with Crippen LogP contribution in [0.3, 0.4) is 0 Å². The van der Waals surface area contributed by atoms with Gasteiger partial charge in [0.25, 0.3) is 0 Å². The second-order valence-electron chi connectivity index (χ2n) is 3.01. The fraction of sp³-hybridized carbons (Fsp3) is 0.455. The van der Waals surface area contributed by atoms with Crippen molar-refractivity contribution in [3.8, 4) is 11.5 Å². The summed E-state index contributed by atoms with van der Waals surface area (Å²) in [5, 5.41) is 9.30. The van der Waals surface area contributed by atoms with Crippen molar-refractivity contribution in [1.82, 2.24) is 0 Å². The molecule has 0 bridgehead atoms. The van der Waals surface area contributed by atoms with Crippen LogP contribution in [0.1, 0.15) is 18.6 Å². The molecule has 15 heavy (non-hydrogen) atoms. The zero-order chi connectivity index (χ0) is 11.3. The minimum Gasteiger partial charge on any atom is -0.493 e. The second kappa shape index (κ2) is 5.56. The predicted octanol–water partition coefficient (Wildman–Crippen LogP) is 2.10. The van der Waals surface area contributed by atoms with Gasteiger partial charge in [-0.25, -0.2) is 4.39 Å². The minimum absolute atomic E-state index is 0.484. The molecule has 1 N–H and O–H groups in total. The Labute approximate surface area is 88.4 Å². The molecule has 0 saturated heterocycles. The van der Waals surface area contributed by atoms with E-state index in [9.17, 15) is 9.50 Å². The molecule has 0 spiro atoms. The van der Waals surface area contributed by atoms with Crippen LogP contribution >= 0.6 is 0 Å². The number of aliphatic hydroxyl groups is 1. The number of benzene rings is 1. The highest BCUT2D eigenvalue weighted by atomic mass is 19.1. The van der Waals surface area contributed by atoms with Crippen LogP contribution in [0.2, 0.25) is 0 Å². The quantitative estimate of drug-likeness (QED) is 0.815. The molecule has 1 unspecified atom stereocenters. The molecule has 0 aliphatic carbocycles. The van der Waals surface area contributed by atoms with E-state index in [1.807, 2.05) is 6.92 Å². The molecule has 0 heterocycles. The van der Waals surface area contributed by atoms with E-state index in [0.29, 0.717) is 23.7 Å². The average molecular weight is 214 g/mol. The van der Waals surface area contributed by atoms with Crippen LogP contribution in [0.15, 0.2) is 18.2 Å². The molecular formula is C11H15FO3. The van der Waals surface area contributed by atoms with Gasteiger partial charge in [0.2, 0.25) is 0 Å². The summed E-state index contributed by atoms with van der Waals surface area (Å²) in [6, 6.07) is 4.86. The molecule has 1 atom stereocenters. The van der Waals surface area contributed by atoms with Gasteiger partial charge < -0.3 is 14.6 Å². The largest absolute Gasteiger partial charge is 0.493 e. The van der Waals surface area contributed by atoms with Gasteiger partial charge in [0.1, 0.15) is 12.8 Å². The number of halogens is 1.